The van der Waals surface area contributed by atoms with Crippen molar-refractivity contribution >= 4 is 22.8 Å². The molecule has 4 rings (SSSR count). The molecule has 1 unspecified atom stereocenters. The maximum atomic E-state index is 13.1. The lowest BCUT2D eigenvalue weighted by atomic mass is 9.90. The Morgan fingerprint density at radius 2 is 1.67 bits per heavy atom. The molecule has 0 amide bonds. The van der Waals surface area contributed by atoms with Gasteiger partial charge in [0.15, 0.2) is 6.10 Å². The SMILES string of the molecule is CCCCCCCCCC(Oc1ccc2c(-c3ccc(C(=O)OC(C)(C)C)c(C4CCCC4)c3)ncnc2c1)C(=O)O. The zero-order valence-corrected chi connectivity index (χ0v) is 25.7. The number of fused-ring (bicyclic) bond motifs is 1. The first-order valence-corrected chi connectivity index (χ1v) is 15.7. The number of ether oxygens (including phenoxy) is 2. The van der Waals surface area contributed by atoms with Gasteiger partial charge in [-0.15, -0.1) is 0 Å². The normalized spacial score (nSPS) is 14.7. The van der Waals surface area contributed by atoms with Gasteiger partial charge in [-0.2, -0.15) is 0 Å². The molecule has 1 aliphatic carbocycles. The van der Waals surface area contributed by atoms with E-state index < -0.39 is 17.7 Å². The van der Waals surface area contributed by atoms with E-state index in [1.165, 1.54) is 32.0 Å². The second-order valence-electron chi connectivity index (χ2n) is 12.5. The zero-order valence-electron chi connectivity index (χ0n) is 25.7. The van der Waals surface area contributed by atoms with Crippen LogP contribution in [0.15, 0.2) is 42.7 Å². The second-order valence-corrected chi connectivity index (χ2v) is 12.5. The van der Waals surface area contributed by atoms with Crippen LogP contribution in [0.3, 0.4) is 0 Å². The van der Waals surface area contributed by atoms with Crippen molar-refractivity contribution in [3.8, 4) is 17.0 Å². The Morgan fingerprint density at radius 1 is 0.952 bits per heavy atom. The van der Waals surface area contributed by atoms with Gasteiger partial charge < -0.3 is 14.6 Å². The highest BCUT2D eigenvalue weighted by Crippen LogP contribution is 2.39. The summed E-state index contributed by atoms with van der Waals surface area (Å²) in [5.74, 6) is -0.456. The molecule has 2 aromatic carbocycles. The Kier molecular flexibility index (Phi) is 10.9. The average molecular weight is 575 g/mol. The van der Waals surface area contributed by atoms with Crippen LogP contribution in [0.4, 0.5) is 0 Å². The molecular weight excluding hydrogens is 528 g/mol. The van der Waals surface area contributed by atoms with Crippen LogP contribution in [-0.2, 0) is 9.53 Å². The zero-order chi connectivity index (χ0) is 30.1. The summed E-state index contributed by atoms with van der Waals surface area (Å²) in [6.07, 6.45) is 13.4. The number of esters is 1. The molecule has 1 atom stereocenters. The van der Waals surface area contributed by atoms with Gasteiger partial charge in [0.2, 0.25) is 0 Å². The van der Waals surface area contributed by atoms with Gasteiger partial charge in [0.05, 0.1) is 16.8 Å². The lowest BCUT2D eigenvalue weighted by Gasteiger charge is -2.22. The Bertz CT molecular complexity index is 1360. The minimum atomic E-state index is -0.950. The number of unbranched alkanes of at least 4 members (excludes halogenated alkanes) is 6. The molecule has 0 saturated heterocycles. The molecular formula is C35H46N2O5. The molecule has 0 bridgehead atoms. The molecule has 1 aromatic heterocycles. The first kappa shape index (κ1) is 31.5. The monoisotopic (exact) mass is 574 g/mol. The Morgan fingerprint density at radius 3 is 2.36 bits per heavy atom. The third-order valence-corrected chi connectivity index (χ3v) is 7.97. The van der Waals surface area contributed by atoms with Crippen LogP contribution in [0.25, 0.3) is 22.2 Å². The molecule has 7 nitrogen and oxygen atoms in total. The Hall–Kier alpha value is -3.48. The van der Waals surface area contributed by atoms with Gasteiger partial charge in [0.25, 0.3) is 0 Å². The highest BCUT2D eigenvalue weighted by molar-refractivity contribution is 5.96. The minimum absolute atomic E-state index is 0.297. The number of hydrogen-bond donors (Lipinski definition) is 1. The van der Waals surface area contributed by atoms with Gasteiger partial charge in [-0.25, -0.2) is 19.6 Å². The number of carbonyl (C=O) groups is 2. The van der Waals surface area contributed by atoms with Crippen LogP contribution in [0.5, 0.6) is 5.75 Å². The van der Waals surface area contributed by atoms with Crippen LogP contribution in [-0.4, -0.2) is 38.7 Å². The average Bonchev–Trinajstić information content (AvgIpc) is 3.49. The topological polar surface area (TPSA) is 98.6 Å². The molecule has 1 heterocycles. The molecule has 1 N–H and O–H groups in total. The summed E-state index contributed by atoms with van der Waals surface area (Å²) in [5.41, 5.74) is 3.42. The quantitative estimate of drug-likeness (QED) is 0.152. The van der Waals surface area contributed by atoms with Crippen LogP contribution in [0.1, 0.15) is 127 Å². The van der Waals surface area contributed by atoms with Crippen molar-refractivity contribution in [2.75, 3.05) is 0 Å². The van der Waals surface area contributed by atoms with E-state index in [1.54, 1.807) is 12.1 Å². The number of hydrogen-bond acceptors (Lipinski definition) is 6. The molecule has 1 saturated carbocycles. The van der Waals surface area contributed by atoms with Gasteiger partial charge in [-0.05, 0) is 82.2 Å². The van der Waals surface area contributed by atoms with Gasteiger partial charge in [-0.1, -0.05) is 64.4 Å². The smallest absolute Gasteiger partial charge is 0.344 e. The minimum Gasteiger partial charge on any atom is -0.479 e. The molecule has 1 fully saturated rings. The maximum absolute atomic E-state index is 13.1. The van der Waals surface area contributed by atoms with E-state index in [9.17, 15) is 14.7 Å². The van der Waals surface area contributed by atoms with Gasteiger partial charge in [0, 0.05) is 17.0 Å². The van der Waals surface area contributed by atoms with Gasteiger partial charge >= 0.3 is 11.9 Å². The van der Waals surface area contributed by atoms with E-state index in [1.807, 2.05) is 39.0 Å². The third-order valence-electron chi connectivity index (χ3n) is 7.97. The fraction of sp³-hybridized carbons (Fsp3) is 0.543. The van der Waals surface area contributed by atoms with Crippen molar-refractivity contribution in [2.45, 2.75) is 122 Å². The highest BCUT2D eigenvalue weighted by Gasteiger charge is 2.27. The largest absolute Gasteiger partial charge is 0.479 e. The number of carbonyl (C=O) groups excluding carboxylic acids is 1. The van der Waals surface area contributed by atoms with E-state index in [4.69, 9.17) is 9.47 Å². The van der Waals surface area contributed by atoms with E-state index >= 15 is 0 Å². The van der Waals surface area contributed by atoms with Crippen molar-refractivity contribution in [2.24, 2.45) is 0 Å². The van der Waals surface area contributed by atoms with E-state index in [0.29, 0.717) is 29.2 Å². The predicted octanol–water partition coefficient (Wildman–Crippen LogP) is 8.88. The Balaban J connectivity index is 1.54. The third kappa shape index (κ3) is 8.52. The molecule has 226 valence electrons. The second kappa shape index (κ2) is 14.6. The fourth-order valence-electron chi connectivity index (χ4n) is 5.83. The van der Waals surface area contributed by atoms with Crippen LogP contribution in [0, 0.1) is 0 Å². The van der Waals surface area contributed by atoms with Gasteiger partial charge in [0.1, 0.15) is 17.7 Å². The Labute approximate surface area is 250 Å². The predicted molar refractivity (Wildman–Crippen MR) is 166 cm³/mol. The highest BCUT2D eigenvalue weighted by atomic mass is 16.6. The maximum Gasteiger partial charge on any atom is 0.344 e. The number of aliphatic carboxylic acids is 1. The summed E-state index contributed by atoms with van der Waals surface area (Å²) < 4.78 is 11.7. The molecule has 3 aromatic rings. The summed E-state index contributed by atoms with van der Waals surface area (Å²) in [4.78, 5) is 34.1. The molecule has 42 heavy (non-hydrogen) atoms. The van der Waals surface area contributed by atoms with Crippen LogP contribution < -0.4 is 4.74 Å². The van der Waals surface area contributed by atoms with Crippen molar-refractivity contribution < 1.29 is 24.2 Å². The van der Waals surface area contributed by atoms with Crippen molar-refractivity contribution in [1.29, 1.82) is 0 Å². The first-order valence-electron chi connectivity index (χ1n) is 15.7. The number of aromatic nitrogens is 2. The van der Waals surface area contributed by atoms with Crippen LogP contribution >= 0.6 is 0 Å². The standard InChI is InChI=1S/C35H46N2O5/c1-5-6-7-8-9-10-11-16-31(33(38)39)41-26-18-20-28-30(22-26)36-23-37-32(28)25-17-19-27(34(40)42-35(2,3)4)29(21-25)24-14-12-13-15-24/h17-24,31H,5-16H2,1-4H3,(H,38,39). The number of rotatable bonds is 14. The molecule has 1 aliphatic rings. The summed E-state index contributed by atoms with van der Waals surface area (Å²) in [6, 6.07) is 11.3. The fourth-order valence-corrected chi connectivity index (χ4v) is 5.83. The van der Waals surface area contributed by atoms with Crippen molar-refractivity contribution in [3.63, 3.8) is 0 Å². The molecule has 0 radical (unpaired) electrons. The number of nitrogens with zero attached hydrogens (tertiary/aromatic N) is 2. The lowest BCUT2D eigenvalue weighted by molar-refractivity contribution is -0.145. The van der Waals surface area contributed by atoms with Crippen molar-refractivity contribution in [3.05, 3.63) is 53.9 Å². The van der Waals surface area contributed by atoms with E-state index in [0.717, 1.165) is 67.2 Å². The summed E-state index contributed by atoms with van der Waals surface area (Å²) in [5, 5.41) is 10.6. The summed E-state index contributed by atoms with van der Waals surface area (Å²) in [6.45, 7) is 7.85. The first-order chi connectivity index (χ1) is 20.2. The number of carboxylic acids is 1. The van der Waals surface area contributed by atoms with E-state index in [2.05, 4.69) is 23.0 Å². The number of benzene rings is 2. The lowest BCUT2D eigenvalue weighted by Crippen LogP contribution is -2.26. The molecule has 7 heteroatoms. The number of carboxylic acid groups (broad SMARTS) is 1. The summed E-state index contributed by atoms with van der Waals surface area (Å²) in [7, 11) is 0. The van der Waals surface area contributed by atoms with E-state index in [-0.39, 0.29) is 5.97 Å². The van der Waals surface area contributed by atoms with Crippen LogP contribution in [0.2, 0.25) is 0 Å². The van der Waals surface area contributed by atoms with Gasteiger partial charge in [-0.3, -0.25) is 0 Å². The summed E-state index contributed by atoms with van der Waals surface area (Å²) >= 11 is 0. The van der Waals surface area contributed by atoms with Crippen molar-refractivity contribution in [1.82, 2.24) is 9.97 Å². The molecule has 0 spiro atoms. The molecule has 0 aliphatic heterocycles.